The first-order valence-corrected chi connectivity index (χ1v) is 7.85. The maximum atomic E-state index is 11.9. The van der Waals surface area contributed by atoms with Gasteiger partial charge in [-0.3, -0.25) is 9.52 Å². The van der Waals surface area contributed by atoms with Crippen LogP contribution in [0.15, 0.2) is 12.1 Å². The second-order valence-electron chi connectivity index (χ2n) is 4.57. The molecule has 112 valence electrons. The topological polar surface area (TPSA) is 98.5 Å². The minimum absolute atomic E-state index is 0.0758. The number of carbonyl (C=O) groups excluding carboxylic acids is 1. The lowest BCUT2D eigenvalue weighted by atomic mass is 10.1. The fraction of sp³-hybridized carbons (Fsp3) is 0.462. The number of esters is 1. The third-order valence-electron chi connectivity index (χ3n) is 3.02. The number of methoxy groups -OCH3 is 1. The number of anilines is 2. The number of sulfonamides is 1. The van der Waals surface area contributed by atoms with Gasteiger partial charge in [-0.1, -0.05) is 6.07 Å². The van der Waals surface area contributed by atoms with Crippen molar-refractivity contribution in [1.82, 2.24) is 0 Å². The van der Waals surface area contributed by atoms with Crippen molar-refractivity contribution in [1.29, 1.82) is 0 Å². The summed E-state index contributed by atoms with van der Waals surface area (Å²) in [6, 6.07) is 3.44. The summed E-state index contributed by atoms with van der Waals surface area (Å²) in [5.41, 5.74) is 8.49. The summed E-state index contributed by atoms with van der Waals surface area (Å²) in [4.78, 5) is 10.9. The minimum atomic E-state index is -3.50. The summed E-state index contributed by atoms with van der Waals surface area (Å²) in [5.74, 6) is -0.564. The number of ether oxygens (including phenoxy) is 1. The number of rotatable bonds is 6. The van der Waals surface area contributed by atoms with Crippen molar-refractivity contribution in [3.8, 4) is 0 Å². The molecule has 0 aliphatic rings. The van der Waals surface area contributed by atoms with E-state index in [2.05, 4.69) is 9.46 Å². The van der Waals surface area contributed by atoms with Gasteiger partial charge in [0.15, 0.2) is 0 Å². The molecule has 0 aliphatic carbocycles. The predicted molar refractivity (Wildman–Crippen MR) is 79.0 cm³/mol. The molecule has 3 N–H and O–H groups in total. The largest absolute Gasteiger partial charge is 0.469 e. The Morgan fingerprint density at radius 3 is 2.60 bits per heavy atom. The predicted octanol–water partition coefficient (Wildman–Crippen LogP) is 1.58. The Balaban J connectivity index is 2.72. The van der Waals surface area contributed by atoms with Crippen molar-refractivity contribution in [2.45, 2.75) is 26.7 Å². The summed E-state index contributed by atoms with van der Waals surface area (Å²) < 4.78 is 30.8. The van der Waals surface area contributed by atoms with Crippen LogP contribution in [0.5, 0.6) is 0 Å². The summed E-state index contributed by atoms with van der Waals surface area (Å²) in [5, 5.41) is 0. The average Bonchev–Trinajstić information content (AvgIpc) is 2.39. The Labute approximate surface area is 119 Å². The number of nitrogens with one attached hydrogen (secondary N) is 1. The van der Waals surface area contributed by atoms with Crippen LogP contribution in [0, 0.1) is 13.8 Å². The number of carbonyl (C=O) groups is 1. The van der Waals surface area contributed by atoms with E-state index in [4.69, 9.17) is 5.73 Å². The fourth-order valence-corrected chi connectivity index (χ4v) is 2.88. The molecule has 0 bridgehead atoms. The summed E-state index contributed by atoms with van der Waals surface area (Å²) in [6.45, 7) is 3.62. The molecule has 0 heterocycles. The van der Waals surface area contributed by atoms with E-state index in [1.165, 1.54) is 7.11 Å². The Hall–Kier alpha value is -1.76. The van der Waals surface area contributed by atoms with Crippen LogP contribution in [0.3, 0.4) is 0 Å². The van der Waals surface area contributed by atoms with Crippen LogP contribution in [0.1, 0.15) is 24.0 Å². The Morgan fingerprint density at radius 2 is 2.00 bits per heavy atom. The minimum Gasteiger partial charge on any atom is -0.469 e. The quantitative estimate of drug-likeness (QED) is 0.614. The van der Waals surface area contributed by atoms with Gasteiger partial charge in [0.1, 0.15) is 0 Å². The molecule has 0 aliphatic heterocycles. The van der Waals surface area contributed by atoms with Gasteiger partial charge in [0.2, 0.25) is 10.0 Å². The normalized spacial score (nSPS) is 11.2. The number of aryl methyl sites for hydroxylation is 1. The average molecular weight is 300 g/mol. The molecule has 0 fully saturated rings. The van der Waals surface area contributed by atoms with Gasteiger partial charge in [-0.2, -0.15) is 0 Å². The highest BCUT2D eigenvalue weighted by Gasteiger charge is 2.14. The number of benzene rings is 1. The van der Waals surface area contributed by atoms with E-state index in [-0.39, 0.29) is 18.6 Å². The van der Waals surface area contributed by atoms with Crippen LogP contribution in [-0.2, 0) is 19.6 Å². The molecule has 0 unspecified atom stereocenters. The van der Waals surface area contributed by atoms with Crippen molar-refractivity contribution < 1.29 is 17.9 Å². The molecule has 0 saturated carbocycles. The zero-order valence-corrected chi connectivity index (χ0v) is 12.7. The lowest BCUT2D eigenvalue weighted by Crippen LogP contribution is -2.18. The molecule has 0 amide bonds. The van der Waals surface area contributed by atoms with Gasteiger partial charge in [0.05, 0.1) is 18.6 Å². The van der Waals surface area contributed by atoms with Gasteiger partial charge in [-0.05, 0) is 37.5 Å². The van der Waals surface area contributed by atoms with Crippen molar-refractivity contribution in [2.75, 3.05) is 23.3 Å². The third-order valence-corrected chi connectivity index (χ3v) is 4.38. The van der Waals surface area contributed by atoms with Crippen LogP contribution in [0.2, 0.25) is 0 Å². The molecular weight excluding hydrogens is 280 g/mol. The maximum Gasteiger partial charge on any atom is 0.305 e. The first-order valence-electron chi connectivity index (χ1n) is 6.20. The summed E-state index contributed by atoms with van der Waals surface area (Å²) >= 11 is 0. The third kappa shape index (κ3) is 4.41. The number of nitrogens with two attached hydrogens (primary N) is 1. The van der Waals surface area contributed by atoms with Gasteiger partial charge in [-0.15, -0.1) is 0 Å². The van der Waals surface area contributed by atoms with Gasteiger partial charge in [0.25, 0.3) is 0 Å². The molecule has 0 saturated heterocycles. The van der Waals surface area contributed by atoms with Crippen molar-refractivity contribution >= 4 is 27.4 Å². The van der Waals surface area contributed by atoms with E-state index in [1.807, 2.05) is 6.92 Å². The Kier molecular flexibility index (Phi) is 5.38. The highest BCUT2D eigenvalue weighted by atomic mass is 32.2. The maximum absolute atomic E-state index is 11.9. The highest BCUT2D eigenvalue weighted by molar-refractivity contribution is 7.92. The van der Waals surface area contributed by atoms with Crippen LogP contribution >= 0.6 is 0 Å². The van der Waals surface area contributed by atoms with Crippen LogP contribution < -0.4 is 10.5 Å². The summed E-state index contributed by atoms with van der Waals surface area (Å²) in [7, 11) is -2.23. The van der Waals surface area contributed by atoms with E-state index in [9.17, 15) is 13.2 Å². The smallest absolute Gasteiger partial charge is 0.305 e. The molecular formula is C13H20N2O4S. The fourth-order valence-electron chi connectivity index (χ4n) is 1.70. The van der Waals surface area contributed by atoms with E-state index >= 15 is 0 Å². The first-order chi connectivity index (χ1) is 9.26. The second-order valence-corrected chi connectivity index (χ2v) is 6.41. The highest BCUT2D eigenvalue weighted by Crippen LogP contribution is 2.25. The van der Waals surface area contributed by atoms with E-state index < -0.39 is 16.0 Å². The van der Waals surface area contributed by atoms with Crippen molar-refractivity contribution in [2.24, 2.45) is 0 Å². The monoisotopic (exact) mass is 300 g/mol. The lowest BCUT2D eigenvalue weighted by Gasteiger charge is -2.13. The van der Waals surface area contributed by atoms with Gasteiger partial charge in [-0.25, -0.2) is 8.42 Å². The number of nitrogen functional groups attached to an aromatic ring is 1. The van der Waals surface area contributed by atoms with Crippen LogP contribution in [-0.4, -0.2) is 27.2 Å². The molecule has 20 heavy (non-hydrogen) atoms. The summed E-state index contributed by atoms with van der Waals surface area (Å²) in [6.07, 6.45) is 0.287. The van der Waals surface area contributed by atoms with Gasteiger partial charge in [0, 0.05) is 12.1 Å². The zero-order valence-electron chi connectivity index (χ0n) is 11.9. The van der Waals surface area contributed by atoms with Crippen LogP contribution in [0.4, 0.5) is 11.4 Å². The van der Waals surface area contributed by atoms with Crippen LogP contribution in [0.25, 0.3) is 0 Å². The molecule has 0 radical (unpaired) electrons. The van der Waals surface area contributed by atoms with E-state index in [0.717, 1.165) is 5.56 Å². The van der Waals surface area contributed by atoms with E-state index in [0.29, 0.717) is 16.9 Å². The zero-order chi connectivity index (χ0) is 15.3. The SMILES string of the molecule is COC(=O)CCCS(=O)(=O)Nc1ccc(C)c(N)c1C. The van der Waals surface area contributed by atoms with E-state index in [1.54, 1.807) is 19.1 Å². The Morgan fingerprint density at radius 1 is 1.35 bits per heavy atom. The second kappa shape index (κ2) is 6.60. The standard InChI is InChI=1S/C13H20N2O4S/c1-9-6-7-11(10(2)13(9)14)15-20(17,18)8-4-5-12(16)19-3/h6-7,15H,4-5,8,14H2,1-3H3. The molecule has 1 aromatic carbocycles. The molecule has 7 heteroatoms. The van der Waals surface area contributed by atoms with Gasteiger partial charge >= 0.3 is 5.97 Å². The molecule has 1 rings (SSSR count). The van der Waals surface area contributed by atoms with Crippen molar-refractivity contribution in [3.05, 3.63) is 23.3 Å². The van der Waals surface area contributed by atoms with Gasteiger partial charge < -0.3 is 10.5 Å². The molecule has 0 spiro atoms. The molecule has 0 aromatic heterocycles. The molecule has 0 atom stereocenters. The van der Waals surface area contributed by atoms with Crippen molar-refractivity contribution in [3.63, 3.8) is 0 Å². The Bertz CT molecular complexity index is 597. The number of hydrogen-bond acceptors (Lipinski definition) is 5. The molecule has 1 aromatic rings. The lowest BCUT2D eigenvalue weighted by molar-refractivity contribution is -0.140. The first kappa shape index (κ1) is 16.3. The molecule has 6 nitrogen and oxygen atoms in total. The number of hydrogen-bond donors (Lipinski definition) is 2.